The van der Waals surface area contributed by atoms with Crippen LogP contribution in [0.5, 0.6) is 23.0 Å². The van der Waals surface area contributed by atoms with Gasteiger partial charge in [0, 0.05) is 19.8 Å². The molecule has 0 aliphatic carbocycles. The minimum absolute atomic E-state index is 0.0543. The molecule has 0 bridgehead atoms. The van der Waals surface area contributed by atoms with Gasteiger partial charge in [-0.3, -0.25) is 0 Å². The van der Waals surface area contributed by atoms with E-state index in [0.717, 1.165) is 35.3 Å². The maximum absolute atomic E-state index is 12.0. The lowest BCUT2D eigenvalue weighted by molar-refractivity contribution is -0.0570. The molecule has 60 heavy (non-hydrogen) atoms. The average Bonchev–Trinajstić information content (AvgIpc) is 3.98. The van der Waals surface area contributed by atoms with Gasteiger partial charge in [0.2, 0.25) is 0 Å². The van der Waals surface area contributed by atoms with E-state index in [0.29, 0.717) is 42.8 Å². The summed E-state index contributed by atoms with van der Waals surface area (Å²) in [4.78, 5) is 0.561. The van der Waals surface area contributed by atoms with Crippen molar-refractivity contribution < 1.29 is 59.5 Å². The highest BCUT2D eigenvalue weighted by Gasteiger charge is 2.52. The Balaban J connectivity index is 0.000000215. The molecule has 1 N–H and O–H groups in total. The number of hydrogen-bond donors (Lipinski definition) is 1. The predicted octanol–water partition coefficient (Wildman–Crippen LogP) is 6.37. The molecule has 0 radical (unpaired) electrons. The van der Waals surface area contributed by atoms with E-state index < -0.39 is 45.1 Å². The molecule has 0 atom stereocenters. The second-order valence-electron chi connectivity index (χ2n) is 15.2. The van der Waals surface area contributed by atoms with E-state index in [2.05, 4.69) is 0 Å². The van der Waals surface area contributed by atoms with E-state index >= 15 is 0 Å². The first-order valence-electron chi connectivity index (χ1n) is 20.1. The fourth-order valence-electron chi connectivity index (χ4n) is 6.08. The van der Waals surface area contributed by atoms with Crippen LogP contribution < -0.4 is 20.4 Å². The normalized spacial score (nSPS) is 16.7. The van der Waals surface area contributed by atoms with Gasteiger partial charge in [0.1, 0.15) is 29.8 Å². The quantitative estimate of drug-likeness (QED) is 0.0847. The summed E-state index contributed by atoms with van der Waals surface area (Å²) in [5, 5.41) is 9.57. The number of benzene rings is 4. The van der Waals surface area contributed by atoms with Gasteiger partial charge >= 0.3 is 14.2 Å². The molecule has 4 aromatic carbocycles. The van der Waals surface area contributed by atoms with E-state index in [1.54, 1.807) is 62.4 Å². The molecule has 7 rings (SSSR count). The number of rotatable bonds is 14. The fraction of sp³-hybridized carbons (Fsp3) is 0.442. The van der Waals surface area contributed by atoms with Crippen LogP contribution in [-0.4, -0.2) is 85.4 Å². The van der Waals surface area contributed by atoms with Crippen LogP contribution in [0.4, 0.5) is 0 Å². The third kappa shape index (κ3) is 12.4. The van der Waals surface area contributed by atoms with Crippen molar-refractivity contribution in [2.24, 2.45) is 0 Å². The number of hydrogen-bond acceptors (Lipinski definition) is 13. The Hall–Kier alpha value is -3.77. The van der Waals surface area contributed by atoms with E-state index in [-0.39, 0.29) is 28.1 Å². The van der Waals surface area contributed by atoms with Crippen molar-refractivity contribution in [2.45, 2.75) is 95.5 Å². The Morgan fingerprint density at radius 3 is 1.60 bits per heavy atom. The molecule has 0 spiro atoms. The van der Waals surface area contributed by atoms with Gasteiger partial charge in [-0.15, -0.1) is 0 Å². The molecule has 13 nitrogen and oxygen atoms in total. The zero-order valence-electron chi connectivity index (χ0n) is 35.5. The number of fused-ring (bicyclic) bond motifs is 1. The molecule has 4 aromatic rings. The van der Waals surface area contributed by atoms with E-state index in [1.165, 1.54) is 25.0 Å². The summed E-state index contributed by atoms with van der Waals surface area (Å²) >= 11 is 0. The molecule has 2 fully saturated rings. The van der Waals surface area contributed by atoms with Crippen molar-refractivity contribution in [1.29, 1.82) is 0 Å². The summed E-state index contributed by atoms with van der Waals surface area (Å²) in [6.07, 6.45) is 2.56. The van der Waals surface area contributed by atoms with Crippen LogP contribution in [0.2, 0.25) is 0 Å². The van der Waals surface area contributed by atoms with Crippen molar-refractivity contribution in [3.05, 3.63) is 96.1 Å². The zero-order chi connectivity index (χ0) is 43.6. The van der Waals surface area contributed by atoms with E-state index in [1.807, 2.05) is 58.9 Å². The van der Waals surface area contributed by atoms with Crippen molar-refractivity contribution in [3.8, 4) is 23.0 Å². The highest BCUT2D eigenvalue weighted by Crippen LogP contribution is 2.37. The summed E-state index contributed by atoms with van der Waals surface area (Å²) < 4.78 is 92.7. The standard InChI is InChI=1S/C24H33BO7S.C15H15BO5S.C4H8O/c1-7-28-17-29-16-18-15-20(30-19-9-12-21(13-10-19)33(26,27)8-2)11-14-22(18)25-31-23(3,4)24(5,6)32-25;1-2-22(18,19)14-6-3-12(4-7-14)21-13-5-8-15-11(9-13)10-20-16(15)17;1-2-4-5-3-1/h9-15H,7-8,16-17H2,1-6H3;3-9,17H,2,10H2,1H3;1-4H2. The summed E-state index contributed by atoms with van der Waals surface area (Å²) in [5.74, 6) is 2.42. The highest BCUT2D eigenvalue weighted by molar-refractivity contribution is 7.91. The van der Waals surface area contributed by atoms with E-state index in [9.17, 15) is 21.9 Å². The van der Waals surface area contributed by atoms with Crippen molar-refractivity contribution >= 4 is 44.8 Å². The van der Waals surface area contributed by atoms with Gasteiger partial charge < -0.3 is 42.7 Å². The van der Waals surface area contributed by atoms with Crippen LogP contribution in [0.3, 0.4) is 0 Å². The van der Waals surface area contributed by atoms with Gasteiger partial charge in [-0.1, -0.05) is 26.0 Å². The first-order valence-corrected chi connectivity index (χ1v) is 23.4. The minimum atomic E-state index is -3.26. The largest absolute Gasteiger partial charge is 0.495 e. The summed E-state index contributed by atoms with van der Waals surface area (Å²) in [5.41, 5.74) is 2.43. The molecule has 17 heteroatoms. The smallest absolute Gasteiger partial charge is 0.457 e. The maximum Gasteiger partial charge on any atom is 0.495 e. The average molecular weight is 867 g/mol. The summed E-state index contributed by atoms with van der Waals surface area (Å²) in [7, 11) is -7.86. The third-order valence-corrected chi connectivity index (χ3v) is 14.0. The Bertz CT molecular complexity index is 2200. The predicted molar refractivity (Wildman–Crippen MR) is 231 cm³/mol. The Labute approximate surface area is 355 Å². The molecule has 0 saturated carbocycles. The Morgan fingerprint density at radius 1 is 0.650 bits per heavy atom. The number of ether oxygens (including phenoxy) is 5. The fourth-order valence-corrected chi connectivity index (χ4v) is 7.85. The van der Waals surface area contributed by atoms with Gasteiger partial charge in [-0.25, -0.2) is 16.8 Å². The molecule has 3 aliphatic rings. The number of sulfone groups is 2. The van der Waals surface area contributed by atoms with Crippen LogP contribution in [0, 0.1) is 0 Å². The van der Waals surface area contributed by atoms with Crippen LogP contribution in [0.25, 0.3) is 0 Å². The van der Waals surface area contributed by atoms with Crippen molar-refractivity contribution in [3.63, 3.8) is 0 Å². The van der Waals surface area contributed by atoms with Crippen LogP contribution in [-0.2, 0) is 61.1 Å². The molecule has 2 saturated heterocycles. The first kappa shape index (κ1) is 47.3. The van der Waals surface area contributed by atoms with Crippen LogP contribution in [0.15, 0.2) is 94.7 Å². The van der Waals surface area contributed by atoms with Gasteiger partial charge in [-0.05, 0) is 142 Å². The first-order chi connectivity index (χ1) is 28.5. The van der Waals surface area contributed by atoms with Crippen molar-refractivity contribution in [2.75, 3.05) is 38.1 Å². The van der Waals surface area contributed by atoms with Gasteiger partial charge in [-0.2, -0.15) is 0 Å². The highest BCUT2D eigenvalue weighted by atomic mass is 32.2. The lowest BCUT2D eigenvalue weighted by Crippen LogP contribution is -2.41. The molecule has 324 valence electrons. The monoisotopic (exact) mass is 866 g/mol. The zero-order valence-corrected chi connectivity index (χ0v) is 37.1. The van der Waals surface area contributed by atoms with Gasteiger partial charge in [0.15, 0.2) is 19.7 Å². The summed E-state index contributed by atoms with van der Waals surface area (Å²) in [6, 6.07) is 23.7. The van der Waals surface area contributed by atoms with Crippen LogP contribution in [0.1, 0.15) is 72.4 Å². The molecule has 0 aromatic heterocycles. The third-order valence-electron chi connectivity index (χ3n) is 10.5. The molecule has 0 amide bonds. The Kier molecular flexibility index (Phi) is 16.4. The van der Waals surface area contributed by atoms with Gasteiger partial charge in [0.05, 0.1) is 45.7 Å². The lowest BCUT2D eigenvalue weighted by atomic mass is 9.76. The second-order valence-corrected chi connectivity index (χ2v) is 19.8. The molecule has 0 unspecified atom stereocenters. The molecular formula is C43H56B2O13S2. The SMILES string of the molecule is C1CCOC1.CCOCOCc1cc(Oc2ccc(S(=O)(=O)CC)cc2)ccc1B1OC(C)(C)C(C)(C)O1.CCS(=O)(=O)c1ccc(Oc2ccc3c(c2)COB3O)cc1. The summed E-state index contributed by atoms with van der Waals surface area (Å²) in [6.45, 7) is 16.6. The van der Waals surface area contributed by atoms with Crippen molar-refractivity contribution in [1.82, 2.24) is 0 Å². The second kappa shape index (κ2) is 20.9. The molecular weight excluding hydrogens is 810 g/mol. The lowest BCUT2D eigenvalue weighted by Gasteiger charge is -2.32. The Morgan fingerprint density at radius 2 is 1.13 bits per heavy atom. The molecule has 3 heterocycles. The van der Waals surface area contributed by atoms with Gasteiger partial charge in [0.25, 0.3) is 0 Å². The van der Waals surface area contributed by atoms with E-state index in [4.69, 9.17) is 37.6 Å². The maximum atomic E-state index is 12.0. The minimum Gasteiger partial charge on any atom is -0.457 e. The topological polar surface area (TPSA) is 162 Å². The molecule has 3 aliphatic heterocycles. The van der Waals surface area contributed by atoms with Crippen LogP contribution >= 0.6 is 0 Å².